The smallest absolute Gasteiger partial charge is 0.321 e. The predicted octanol–water partition coefficient (Wildman–Crippen LogP) is 0.370. The Balaban J connectivity index is 2.53. The summed E-state index contributed by atoms with van der Waals surface area (Å²) in [5.74, 6) is -0.462. The van der Waals surface area contributed by atoms with Crippen molar-refractivity contribution in [1.29, 1.82) is 0 Å². The molecule has 1 aromatic rings. The summed E-state index contributed by atoms with van der Waals surface area (Å²) in [7, 11) is 0. The van der Waals surface area contributed by atoms with Crippen molar-refractivity contribution in [3.05, 3.63) is 23.9 Å². The first-order valence-corrected chi connectivity index (χ1v) is 5.80. The standard InChI is InChI=1S/C12H19N3O3/c1-8(2)18-11-9(4-3-5-15-11)6-14-7-10(13)12(16)17/h3-5,8,10,14H,6-7,13H2,1-2H3,(H,16,17). The van der Waals surface area contributed by atoms with Crippen LogP contribution in [-0.2, 0) is 11.3 Å². The topological polar surface area (TPSA) is 97.5 Å². The fraction of sp³-hybridized carbons (Fsp3) is 0.500. The highest BCUT2D eigenvalue weighted by molar-refractivity contribution is 5.73. The molecule has 1 aromatic heterocycles. The van der Waals surface area contributed by atoms with Crippen LogP contribution in [0.1, 0.15) is 19.4 Å². The second-order valence-electron chi connectivity index (χ2n) is 4.21. The fourth-order valence-corrected chi connectivity index (χ4v) is 1.34. The van der Waals surface area contributed by atoms with Crippen LogP contribution in [0.3, 0.4) is 0 Å². The third-order valence-corrected chi connectivity index (χ3v) is 2.19. The van der Waals surface area contributed by atoms with Crippen LogP contribution in [-0.4, -0.2) is 34.8 Å². The number of rotatable bonds is 7. The van der Waals surface area contributed by atoms with E-state index in [1.807, 2.05) is 19.9 Å². The van der Waals surface area contributed by atoms with E-state index in [-0.39, 0.29) is 12.6 Å². The van der Waals surface area contributed by atoms with Gasteiger partial charge in [0.15, 0.2) is 0 Å². The van der Waals surface area contributed by atoms with Crippen LogP contribution in [0.15, 0.2) is 18.3 Å². The van der Waals surface area contributed by atoms with Gasteiger partial charge in [-0.3, -0.25) is 4.79 Å². The van der Waals surface area contributed by atoms with Crippen molar-refractivity contribution in [2.45, 2.75) is 32.5 Å². The van der Waals surface area contributed by atoms with Gasteiger partial charge in [0, 0.05) is 24.8 Å². The first-order valence-electron chi connectivity index (χ1n) is 5.80. The summed E-state index contributed by atoms with van der Waals surface area (Å²) in [5, 5.41) is 11.6. The summed E-state index contributed by atoms with van der Waals surface area (Å²) < 4.78 is 5.55. The first-order chi connectivity index (χ1) is 8.50. The maximum Gasteiger partial charge on any atom is 0.321 e. The monoisotopic (exact) mass is 253 g/mol. The summed E-state index contributed by atoms with van der Waals surface area (Å²) in [6.45, 7) is 4.51. The Labute approximate surface area is 106 Å². The molecule has 0 fully saturated rings. The number of carboxylic acids is 1. The molecule has 18 heavy (non-hydrogen) atoms. The van der Waals surface area contributed by atoms with Crippen LogP contribution in [0.5, 0.6) is 5.88 Å². The molecule has 1 atom stereocenters. The minimum Gasteiger partial charge on any atom is -0.480 e. The number of pyridine rings is 1. The van der Waals surface area contributed by atoms with Gasteiger partial charge in [-0.25, -0.2) is 4.98 Å². The Morgan fingerprint density at radius 3 is 2.94 bits per heavy atom. The SMILES string of the molecule is CC(C)Oc1ncccc1CNCC(N)C(=O)O. The number of nitrogens with two attached hydrogens (primary N) is 1. The minimum atomic E-state index is -1.02. The largest absolute Gasteiger partial charge is 0.480 e. The molecule has 6 nitrogen and oxygen atoms in total. The Morgan fingerprint density at radius 1 is 1.61 bits per heavy atom. The number of hydrogen-bond acceptors (Lipinski definition) is 5. The van der Waals surface area contributed by atoms with E-state index in [2.05, 4.69) is 10.3 Å². The molecule has 0 saturated heterocycles. The van der Waals surface area contributed by atoms with Crippen LogP contribution in [0.25, 0.3) is 0 Å². The number of hydrogen-bond donors (Lipinski definition) is 3. The van der Waals surface area contributed by atoms with Gasteiger partial charge < -0.3 is 20.9 Å². The lowest BCUT2D eigenvalue weighted by Gasteiger charge is -2.14. The third kappa shape index (κ3) is 4.68. The van der Waals surface area contributed by atoms with Gasteiger partial charge in [0.1, 0.15) is 6.04 Å². The van der Waals surface area contributed by atoms with E-state index in [0.29, 0.717) is 12.4 Å². The molecule has 0 aliphatic rings. The second kappa shape index (κ2) is 6.93. The van der Waals surface area contributed by atoms with Gasteiger partial charge in [0.2, 0.25) is 5.88 Å². The number of aromatic nitrogens is 1. The molecular formula is C12H19N3O3. The van der Waals surface area contributed by atoms with Gasteiger partial charge in [-0.1, -0.05) is 6.07 Å². The van der Waals surface area contributed by atoms with Crippen LogP contribution in [0, 0.1) is 0 Å². The molecule has 0 aliphatic carbocycles. The molecule has 0 saturated carbocycles. The number of carbonyl (C=O) groups is 1. The normalized spacial score (nSPS) is 12.4. The van der Waals surface area contributed by atoms with Gasteiger partial charge in [0.05, 0.1) is 6.10 Å². The van der Waals surface area contributed by atoms with E-state index >= 15 is 0 Å². The van der Waals surface area contributed by atoms with E-state index < -0.39 is 12.0 Å². The molecule has 4 N–H and O–H groups in total. The van der Waals surface area contributed by atoms with Gasteiger partial charge >= 0.3 is 5.97 Å². The number of ether oxygens (including phenoxy) is 1. The Bertz CT molecular complexity index is 396. The van der Waals surface area contributed by atoms with Crippen molar-refractivity contribution < 1.29 is 14.6 Å². The number of nitrogens with zero attached hydrogens (tertiary/aromatic N) is 1. The molecule has 0 aliphatic heterocycles. The highest BCUT2D eigenvalue weighted by atomic mass is 16.5. The predicted molar refractivity (Wildman–Crippen MR) is 67.3 cm³/mol. The lowest BCUT2D eigenvalue weighted by molar-refractivity contribution is -0.138. The molecule has 1 unspecified atom stereocenters. The summed E-state index contributed by atoms with van der Waals surface area (Å²) >= 11 is 0. The molecule has 0 bridgehead atoms. The van der Waals surface area contributed by atoms with Gasteiger partial charge in [-0.2, -0.15) is 0 Å². The van der Waals surface area contributed by atoms with Crippen LogP contribution in [0.2, 0.25) is 0 Å². The van der Waals surface area contributed by atoms with E-state index in [9.17, 15) is 4.79 Å². The number of nitrogens with one attached hydrogen (secondary N) is 1. The van der Waals surface area contributed by atoms with Crippen LogP contribution < -0.4 is 15.8 Å². The highest BCUT2D eigenvalue weighted by Crippen LogP contribution is 2.15. The Kier molecular flexibility index (Phi) is 5.54. The third-order valence-electron chi connectivity index (χ3n) is 2.19. The minimum absolute atomic E-state index is 0.0416. The maximum atomic E-state index is 10.6. The van der Waals surface area contributed by atoms with Crippen molar-refractivity contribution in [2.24, 2.45) is 5.73 Å². The Hall–Kier alpha value is -1.66. The van der Waals surface area contributed by atoms with Gasteiger partial charge in [0.25, 0.3) is 0 Å². The quantitative estimate of drug-likeness (QED) is 0.649. The Morgan fingerprint density at radius 2 is 2.33 bits per heavy atom. The van der Waals surface area contributed by atoms with Gasteiger partial charge in [-0.05, 0) is 19.9 Å². The van der Waals surface area contributed by atoms with Crippen molar-refractivity contribution in [2.75, 3.05) is 6.54 Å². The van der Waals surface area contributed by atoms with Crippen molar-refractivity contribution >= 4 is 5.97 Å². The summed E-state index contributed by atoms with van der Waals surface area (Å²) in [5.41, 5.74) is 6.27. The lowest BCUT2D eigenvalue weighted by Crippen LogP contribution is -2.40. The second-order valence-corrected chi connectivity index (χ2v) is 4.21. The van der Waals surface area contributed by atoms with Crippen LogP contribution in [0.4, 0.5) is 0 Å². The van der Waals surface area contributed by atoms with Crippen LogP contribution >= 0.6 is 0 Å². The van der Waals surface area contributed by atoms with Crippen molar-refractivity contribution in [3.63, 3.8) is 0 Å². The summed E-state index contributed by atoms with van der Waals surface area (Å²) in [4.78, 5) is 14.7. The molecule has 0 spiro atoms. The zero-order valence-corrected chi connectivity index (χ0v) is 10.6. The van der Waals surface area contributed by atoms with Crippen molar-refractivity contribution in [1.82, 2.24) is 10.3 Å². The first kappa shape index (κ1) is 14.4. The maximum absolute atomic E-state index is 10.6. The molecule has 0 aromatic carbocycles. The average Bonchev–Trinajstić information content (AvgIpc) is 2.30. The molecule has 1 rings (SSSR count). The molecule has 100 valence electrons. The molecule has 1 heterocycles. The molecular weight excluding hydrogens is 234 g/mol. The van der Waals surface area contributed by atoms with Gasteiger partial charge in [-0.15, -0.1) is 0 Å². The number of aliphatic carboxylic acids is 1. The zero-order valence-electron chi connectivity index (χ0n) is 10.6. The van der Waals surface area contributed by atoms with E-state index in [1.165, 1.54) is 0 Å². The van der Waals surface area contributed by atoms with E-state index in [4.69, 9.17) is 15.6 Å². The molecule has 0 amide bonds. The highest BCUT2D eigenvalue weighted by Gasteiger charge is 2.11. The zero-order chi connectivity index (χ0) is 13.5. The van der Waals surface area contributed by atoms with E-state index in [0.717, 1.165) is 5.56 Å². The summed E-state index contributed by atoms with van der Waals surface area (Å²) in [6.07, 6.45) is 1.70. The molecule has 6 heteroatoms. The fourth-order valence-electron chi connectivity index (χ4n) is 1.34. The summed E-state index contributed by atoms with van der Waals surface area (Å²) in [6, 6.07) is 2.78. The molecule has 0 radical (unpaired) electrons. The lowest BCUT2D eigenvalue weighted by atomic mass is 10.2. The van der Waals surface area contributed by atoms with E-state index in [1.54, 1.807) is 12.3 Å². The van der Waals surface area contributed by atoms with Crippen molar-refractivity contribution in [3.8, 4) is 5.88 Å². The number of carboxylic acid groups (broad SMARTS) is 1. The average molecular weight is 253 g/mol.